The summed E-state index contributed by atoms with van der Waals surface area (Å²) in [7, 11) is 1.28. The first-order valence-corrected chi connectivity index (χ1v) is 9.81. The first kappa shape index (κ1) is 20.8. The minimum atomic E-state index is -0.798. The summed E-state index contributed by atoms with van der Waals surface area (Å²) in [6.45, 7) is 5.54. The molecule has 8 heteroatoms. The van der Waals surface area contributed by atoms with Crippen LogP contribution in [0.5, 0.6) is 0 Å². The highest BCUT2D eigenvalue weighted by molar-refractivity contribution is 6.10. The number of benzene rings is 1. The average Bonchev–Trinajstić information content (AvgIpc) is 3.00. The number of para-hydroxylation sites is 1. The van der Waals surface area contributed by atoms with Crippen LogP contribution < -0.4 is 4.90 Å². The van der Waals surface area contributed by atoms with Crippen LogP contribution in [0.2, 0.25) is 0 Å². The second-order valence-corrected chi connectivity index (χ2v) is 7.86. The van der Waals surface area contributed by atoms with E-state index in [-0.39, 0.29) is 43.3 Å². The zero-order valence-electron chi connectivity index (χ0n) is 17.3. The molecule has 8 nitrogen and oxygen atoms in total. The molecule has 2 aliphatic rings. The lowest BCUT2D eigenvalue weighted by Gasteiger charge is -2.48. The van der Waals surface area contributed by atoms with Crippen LogP contribution >= 0.6 is 0 Å². The zero-order chi connectivity index (χ0) is 21.3. The molecule has 0 unspecified atom stereocenters. The predicted octanol–water partition coefficient (Wildman–Crippen LogP) is 1.79. The van der Waals surface area contributed by atoms with E-state index in [9.17, 15) is 19.2 Å². The summed E-state index contributed by atoms with van der Waals surface area (Å²) in [6, 6.07) is 6.88. The van der Waals surface area contributed by atoms with Gasteiger partial charge in [0.25, 0.3) is 5.91 Å². The maximum Gasteiger partial charge on any atom is 0.325 e. The minimum Gasteiger partial charge on any atom is -0.468 e. The number of carbonyl (C=O) groups is 4. The van der Waals surface area contributed by atoms with Gasteiger partial charge in [-0.3, -0.25) is 24.1 Å². The molecule has 0 spiro atoms. The number of esters is 1. The molecule has 1 fully saturated rings. The number of fused-ring (bicyclic) bond motifs is 3. The number of carbonyl (C=O) groups excluding carboxylic acids is 4. The van der Waals surface area contributed by atoms with Gasteiger partial charge in [-0.25, -0.2) is 0 Å². The lowest BCUT2D eigenvalue weighted by molar-refractivity contribution is -0.148. The number of nitrogens with zero attached hydrogens (tertiary/aromatic N) is 3. The highest BCUT2D eigenvalue weighted by Crippen LogP contribution is 2.43. The predicted molar refractivity (Wildman–Crippen MR) is 106 cm³/mol. The second-order valence-electron chi connectivity index (χ2n) is 7.86. The molecular formula is C21H27N3O5. The Kier molecular flexibility index (Phi) is 5.64. The van der Waals surface area contributed by atoms with E-state index in [1.807, 2.05) is 26.8 Å². The van der Waals surface area contributed by atoms with Gasteiger partial charge >= 0.3 is 5.97 Å². The van der Waals surface area contributed by atoms with E-state index in [2.05, 4.69) is 4.74 Å². The van der Waals surface area contributed by atoms with E-state index >= 15 is 0 Å². The second kappa shape index (κ2) is 7.85. The first-order valence-electron chi connectivity index (χ1n) is 9.81. The monoisotopic (exact) mass is 401 g/mol. The van der Waals surface area contributed by atoms with E-state index in [4.69, 9.17) is 0 Å². The topological polar surface area (TPSA) is 87.2 Å². The van der Waals surface area contributed by atoms with Gasteiger partial charge in [-0.1, -0.05) is 12.1 Å². The lowest BCUT2D eigenvalue weighted by atomic mass is 9.98. The number of hydrogen-bond donors (Lipinski definition) is 0. The van der Waals surface area contributed by atoms with E-state index in [0.29, 0.717) is 24.1 Å². The molecule has 0 bridgehead atoms. The Hall–Kier alpha value is -2.90. The maximum absolute atomic E-state index is 13.2. The van der Waals surface area contributed by atoms with Crippen LogP contribution in [0.1, 0.15) is 50.4 Å². The Morgan fingerprint density at radius 1 is 1.24 bits per heavy atom. The Balaban J connectivity index is 1.83. The summed E-state index contributed by atoms with van der Waals surface area (Å²) in [5, 5.41) is 0. The highest BCUT2D eigenvalue weighted by Gasteiger charge is 2.52. The molecule has 0 aliphatic carbocycles. The standard InChI is InChI=1S/C21H27N3O5/c1-14(2)22(13-19(27)29-4)17(25)10-12-23-20(28)15-7-5-6-8-16(15)24-18(26)9-11-21(23,24)3/h5-8,14H,9-13H2,1-4H3/t21-/m0/s1. The molecule has 0 N–H and O–H groups in total. The molecule has 1 saturated heterocycles. The molecule has 0 saturated carbocycles. The summed E-state index contributed by atoms with van der Waals surface area (Å²) in [6.07, 6.45) is 0.917. The fourth-order valence-electron chi connectivity index (χ4n) is 4.15. The van der Waals surface area contributed by atoms with Crippen molar-refractivity contribution < 1.29 is 23.9 Å². The molecule has 2 aliphatic heterocycles. The van der Waals surface area contributed by atoms with Gasteiger partial charge in [0.2, 0.25) is 11.8 Å². The molecule has 1 atom stereocenters. The van der Waals surface area contributed by atoms with Crippen molar-refractivity contribution in [2.24, 2.45) is 0 Å². The van der Waals surface area contributed by atoms with Crippen molar-refractivity contribution in [3.8, 4) is 0 Å². The largest absolute Gasteiger partial charge is 0.468 e. The fraction of sp³-hybridized carbons (Fsp3) is 0.524. The third-order valence-electron chi connectivity index (χ3n) is 5.77. The fourth-order valence-corrected chi connectivity index (χ4v) is 4.15. The Morgan fingerprint density at radius 2 is 1.93 bits per heavy atom. The van der Waals surface area contributed by atoms with Crippen LogP contribution in [-0.4, -0.2) is 65.4 Å². The third-order valence-corrected chi connectivity index (χ3v) is 5.77. The number of hydrogen-bond acceptors (Lipinski definition) is 5. The lowest BCUT2D eigenvalue weighted by Crippen LogP contribution is -2.62. The van der Waals surface area contributed by atoms with Gasteiger partial charge in [-0.15, -0.1) is 0 Å². The van der Waals surface area contributed by atoms with Crippen LogP contribution in [0.15, 0.2) is 24.3 Å². The van der Waals surface area contributed by atoms with E-state index in [1.165, 1.54) is 12.0 Å². The molecule has 156 valence electrons. The number of amides is 3. The summed E-state index contributed by atoms with van der Waals surface area (Å²) < 4.78 is 4.67. The van der Waals surface area contributed by atoms with Crippen LogP contribution in [0.4, 0.5) is 5.69 Å². The van der Waals surface area contributed by atoms with Crippen molar-refractivity contribution in [2.45, 2.75) is 51.7 Å². The highest BCUT2D eigenvalue weighted by atomic mass is 16.5. The number of ether oxygens (including phenoxy) is 1. The smallest absolute Gasteiger partial charge is 0.325 e. The van der Waals surface area contributed by atoms with Gasteiger partial charge in [0, 0.05) is 25.4 Å². The van der Waals surface area contributed by atoms with Crippen LogP contribution in [-0.2, 0) is 19.1 Å². The van der Waals surface area contributed by atoms with Crippen molar-refractivity contribution in [1.82, 2.24) is 9.80 Å². The number of rotatable bonds is 6. The SMILES string of the molecule is COC(=O)CN(C(=O)CCN1C(=O)c2ccccc2N2C(=O)CC[C@@]12C)C(C)C. The maximum atomic E-state index is 13.2. The van der Waals surface area contributed by atoms with Gasteiger partial charge in [0.1, 0.15) is 12.2 Å². The van der Waals surface area contributed by atoms with Crippen molar-refractivity contribution >= 4 is 29.4 Å². The van der Waals surface area contributed by atoms with Crippen LogP contribution in [0.3, 0.4) is 0 Å². The van der Waals surface area contributed by atoms with E-state index in [0.717, 1.165) is 0 Å². The van der Waals surface area contributed by atoms with Gasteiger partial charge in [0.15, 0.2) is 0 Å². The molecule has 3 amide bonds. The average molecular weight is 401 g/mol. The normalized spacial score (nSPS) is 20.6. The molecular weight excluding hydrogens is 374 g/mol. The molecule has 3 rings (SSSR count). The van der Waals surface area contributed by atoms with E-state index < -0.39 is 11.6 Å². The van der Waals surface area contributed by atoms with Gasteiger partial charge in [-0.2, -0.15) is 0 Å². The minimum absolute atomic E-state index is 0.0294. The number of anilines is 1. The van der Waals surface area contributed by atoms with Gasteiger partial charge in [-0.05, 0) is 39.3 Å². The Bertz CT molecular complexity index is 852. The molecule has 0 aromatic heterocycles. The Morgan fingerprint density at radius 3 is 2.59 bits per heavy atom. The van der Waals surface area contributed by atoms with Crippen molar-refractivity contribution in [1.29, 1.82) is 0 Å². The van der Waals surface area contributed by atoms with E-state index in [1.54, 1.807) is 28.0 Å². The zero-order valence-corrected chi connectivity index (χ0v) is 17.3. The number of methoxy groups -OCH3 is 1. The first-order chi connectivity index (χ1) is 13.7. The summed E-state index contributed by atoms with van der Waals surface area (Å²) in [5.74, 6) is -0.949. The third kappa shape index (κ3) is 3.59. The summed E-state index contributed by atoms with van der Waals surface area (Å²) >= 11 is 0. The van der Waals surface area contributed by atoms with Crippen molar-refractivity contribution in [3.63, 3.8) is 0 Å². The van der Waals surface area contributed by atoms with Gasteiger partial charge < -0.3 is 14.5 Å². The molecule has 2 heterocycles. The quantitative estimate of drug-likeness (QED) is 0.678. The molecule has 29 heavy (non-hydrogen) atoms. The summed E-state index contributed by atoms with van der Waals surface area (Å²) in [4.78, 5) is 55.0. The Labute approximate surface area is 170 Å². The van der Waals surface area contributed by atoms with Gasteiger partial charge in [0.05, 0.1) is 18.4 Å². The van der Waals surface area contributed by atoms with Crippen molar-refractivity contribution in [2.75, 3.05) is 25.1 Å². The van der Waals surface area contributed by atoms with Crippen LogP contribution in [0.25, 0.3) is 0 Å². The molecule has 0 radical (unpaired) electrons. The van der Waals surface area contributed by atoms with Crippen LogP contribution in [0, 0.1) is 0 Å². The summed E-state index contributed by atoms with van der Waals surface area (Å²) in [5.41, 5.74) is 0.288. The molecule has 1 aromatic carbocycles. The van der Waals surface area contributed by atoms with Crippen molar-refractivity contribution in [3.05, 3.63) is 29.8 Å². The molecule has 1 aromatic rings.